The molecule has 0 spiro atoms. The molecule has 5 nitrogen and oxygen atoms in total. The molecule has 1 N–H and O–H groups in total. The van der Waals surface area contributed by atoms with Gasteiger partial charge in [-0.2, -0.15) is 0 Å². The summed E-state index contributed by atoms with van der Waals surface area (Å²) in [5.74, 6) is -0.364. The third kappa shape index (κ3) is 4.20. The van der Waals surface area contributed by atoms with E-state index in [1.807, 2.05) is 9.80 Å². The molecule has 2 rings (SSSR count). The van der Waals surface area contributed by atoms with Gasteiger partial charge in [-0.3, -0.25) is 14.5 Å². The van der Waals surface area contributed by atoms with Crippen molar-refractivity contribution < 1.29 is 14.7 Å². The number of nitrogens with zero attached hydrogens (tertiary/aromatic N) is 2. The van der Waals surface area contributed by atoms with Gasteiger partial charge < -0.3 is 10.0 Å². The van der Waals surface area contributed by atoms with Crippen LogP contribution in [0.2, 0.25) is 0 Å². The zero-order chi connectivity index (χ0) is 13.7. The summed E-state index contributed by atoms with van der Waals surface area (Å²) in [6.45, 7) is 3.39. The molecule has 0 unspecified atom stereocenters. The van der Waals surface area contributed by atoms with Crippen molar-refractivity contribution in [1.29, 1.82) is 0 Å². The summed E-state index contributed by atoms with van der Waals surface area (Å²) in [5, 5.41) is 8.76. The molecule has 2 aliphatic heterocycles. The minimum atomic E-state index is -0.780. The van der Waals surface area contributed by atoms with Crippen LogP contribution in [0.4, 0.5) is 0 Å². The van der Waals surface area contributed by atoms with Crippen LogP contribution in [0.15, 0.2) is 0 Å². The predicted octanol–water partition coefficient (Wildman–Crippen LogP) is 1.19. The summed E-state index contributed by atoms with van der Waals surface area (Å²) in [7, 11) is 0. The van der Waals surface area contributed by atoms with Crippen LogP contribution in [0.3, 0.4) is 0 Å². The van der Waals surface area contributed by atoms with Gasteiger partial charge in [0, 0.05) is 19.0 Å². The monoisotopic (exact) mass is 268 g/mol. The van der Waals surface area contributed by atoms with Crippen molar-refractivity contribution in [1.82, 2.24) is 9.80 Å². The first-order valence-electron chi connectivity index (χ1n) is 7.40. The molecule has 0 aliphatic carbocycles. The Balaban J connectivity index is 1.79. The van der Waals surface area contributed by atoms with E-state index in [0.717, 1.165) is 51.9 Å². The van der Waals surface area contributed by atoms with Gasteiger partial charge in [0.25, 0.3) is 0 Å². The van der Waals surface area contributed by atoms with Gasteiger partial charge in [-0.1, -0.05) is 12.8 Å². The van der Waals surface area contributed by atoms with Gasteiger partial charge >= 0.3 is 5.97 Å². The molecular formula is C14H24N2O3. The largest absolute Gasteiger partial charge is 0.480 e. The first-order chi connectivity index (χ1) is 9.16. The number of hydrogen-bond donors (Lipinski definition) is 1. The lowest BCUT2D eigenvalue weighted by Gasteiger charge is -2.33. The lowest BCUT2D eigenvalue weighted by molar-refractivity contribution is -0.139. The fraction of sp³-hybridized carbons (Fsp3) is 0.857. The number of aliphatic carboxylic acids is 1. The van der Waals surface area contributed by atoms with Crippen molar-refractivity contribution in [3.63, 3.8) is 0 Å². The molecule has 0 atom stereocenters. The van der Waals surface area contributed by atoms with E-state index in [2.05, 4.69) is 0 Å². The van der Waals surface area contributed by atoms with Crippen LogP contribution in [0.25, 0.3) is 0 Å². The number of carboxylic acid groups (broad SMARTS) is 1. The zero-order valence-corrected chi connectivity index (χ0v) is 11.5. The summed E-state index contributed by atoms with van der Waals surface area (Å²) in [6, 6.07) is 0. The van der Waals surface area contributed by atoms with Gasteiger partial charge in [0.2, 0.25) is 5.91 Å². The Morgan fingerprint density at radius 2 is 1.53 bits per heavy atom. The number of rotatable bonds is 3. The Labute approximate surface area is 114 Å². The molecule has 108 valence electrons. The van der Waals surface area contributed by atoms with Crippen molar-refractivity contribution in [3.8, 4) is 0 Å². The summed E-state index contributed by atoms with van der Waals surface area (Å²) < 4.78 is 0. The van der Waals surface area contributed by atoms with Gasteiger partial charge in [0.1, 0.15) is 0 Å². The Hall–Kier alpha value is -1.10. The maximum atomic E-state index is 12.4. The molecule has 0 bridgehead atoms. The molecule has 0 radical (unpaired) electrons. The number of carbonyl (C=O) groups excluding carboxylic acids is 1. The topological polar surface area (TPSA) is 60.9 Å². The second-order valence-electron chi connectivity index (χ2n) is 5.68. The highest BCUT2D eigenvalue weighted by atomic mass is 16.4. The van der Waals surface area contributed by atoms with Crippen molar-refractivity contribution >= 4 is 11.9 Å². The molecule has 0 saturated carbocycles. The average Bonchev–Trinajstić information content (AvgIpc) is 2.67. The highest BCUT2D eigenvalue weighted by molar-refractivity contribution is 5.79. The molecule has 2 heterocycles. The predicted molar refractivity (Wildman–Crippen MR) is 71.8 cm³/mol. The van der Waals surface area contributed by atoms with E-state index >= 15 is 0 Å². The highest BCUT2D eigenvalue weighted by Gasteiger charge is 2.29. The van der Waals surface area contributed by atoms with Gasteiger partial charge in [0.05, 0.1) is 6.54 Å². The normalized spacial score (nSPS) is 23.1. The van der Waals surface area contributed by atoms with Crippen LogP contribution in [-0.2, 0) is 9.59 Å². The smallest absolute Gasteiger partial charge is 0.317 e. The molecule has 2 fully saturated rings. The van der Waals surface area contributed by atoms with E-state index in [1.165, 1.54) is 12.8 Å². The molecule has 0 aromatic rings. The Morgan fingerprint density at radius 3 is 2.05 bits per heavy atom. The molecule has 2 aliphatic rings. The molecule has 0 aromatic heterocycles. The number of piperidine rings is 1. The van der Waals surface area contributed by atoms with Crippen LogP contribution >= 0.6 is 0 Å². The van der Waals surface area contributed by atoms with Gasteiger partial charge in [0.15, 0.2) is 0 Å². The fourth-order valence-electron chi connectivity index (χ4n) is 3.08. The highest BCUT2D eigenvalue weighted by Crippen LogP contribution is 2.21. The molecule has 0 aromatic carbocycles. The van der Waals surface area contributed by atoms with Gasteiger partial charge in [-0.25, -0.2) is 0 Å². The number of hydrogen-bond acceptors (Lipinski definition) is 3. The van der Waals surface area contributed by atoms with Crippen molar-refractivity contribution in [2.24, 2.45) is 5.92 Å². The van der Waals surface area contributed by atoms with E-state index < -0.39 is 5.97 Å². The van der Waals surface area contributed by atoms with Crippen LogP contribution < -0.4 is 0 Å². The van der Waals surface area contributed by atoms with Crippen LogP contribution in [0, 0.1) is 5.92 Å². The second kappa shape index (κ2) is 6.89. The van der Waals surface area contributed by atoms with Crippen LogP contribution in [0.1, 0.15) is 38.5 Å². The van der Waals surface area contributed by atoms with Gasteiger partial charge in [-0.15, -0.1) is 0 Å². The summed E-state index contributed by atoms with van der Waals surface area (Å²) >= 11 is 0. The third-order valence-corrected chi connectivity index (χ3v) is 4.21. The van der Waals surface area contributed by atoms with Crippen molar-refractivity contribution in [3.05, 3.63) is 0 Å². The first-order valence-corrected chi connectivity index (χ1v) is 7.40. The van der Waals surface area contributed by atoms with E-state index in [-0.39, 0.29) is 12.5 Å². The minimum Gasteiger partial charge on any atom is -0.480 e. The average molecular weight is 268 g/mol. The molecule has 1 amide bonds. The SMILES string of the molecule is O=C(O)CN1CCC(C(=O)N2CCCCCC2)CC1. The number of carboxylic acids is 1. The zero-order valence-electron chi connectivity index (χ0n) is 11.5. The maximum Gasteiger partial charge on any atom is 0.317 e. The van der Waals surface area contributed by atoms with E-state index in [1.54, 1.807) is 0 Å². The van der Waals surface area contributed by atoms with Gasteiger partial charge in [-0.05, 0) is 38.8 Å². The molecule has 2 saturated heterocycles. The number of carbonyl (C=O) groups is 2. The third-order valence-electron chi connectivity index (χ3n) is 4.21. The number of likely N-dealkylation sites (tertiary alicyclic amines) is 2. The second-order valence-corrected chi connectivity index (χ2v) is 5.68. The molecular weight excluding hydrogens is 244 g/mol. The lowest BCUT2D eigenvalue weighted by Crippen LogP contribution is -2.44. The summed E-state index contributed by atoms with van der Waals surface area (Å²) in [5.41, 5.74) is 0. The quantitative estimate of drug-likeness (QED) is 0.835. The first kappa shape index (κ1) is 14.3. The number of amides is 1. The lowest BCUT2D eigenvalue weighted by atomic mass is 9.95. The minimum absolute atomic E-state index is 0.102. The van der Waals surface area contributed by atoms with Crippen molar-refractivity contribution in [2.45, 2.75) is 38.5 Å². The molecule has 19 heavy (non-hydrogen) atoms. The summed E-state index contributed by atoms with van der Waals surface area (Å²) in [6.07, 6.45) is 6.35. The van der Waals surface area contributed by atoms with Crippen LogP contribution in [-0.4, -0.2) is 59.5 Å². The van der Waals surface area contributed by atoms with E-state index in [4.69, 9.17) is 5.11 Å². The Bertz CT molecular complexity index is 317. The van der Waals surface area contributed by atoms with E-state index in [9.17, 15) is 9.59 Å². The summed E-state index contributed by atoms with van der Waals surface area (Å²) in [4.78, 5) is 27.0. The standard InChI is InChI=1S/C14H24N2O3/c17-13(18)11-15-9-5-12(6-10-15)14(19)16-7-3-1-2-4-8-16/h12H,1-11H2,(H,17,18). The maximum absolute atomic E-state index is 12.4. The van der Waals surface area contributed by atoms with E-state index in [0.29, 0.717) is 5.91 Å². The Kier molecular flexibility index (Phi) is 5.19. The Morgan fingerprint density at radius 1 is 0.947 bits per heavy atom. The van der Waals surface area contributed by atoms with Crippen molar-refractivity contribution in [2.75, 3.05) is 32.7 Å². The van der Waals surface area contributed by atoms with Crippen LogP contribution in [0.5, 0.6) is 0 Å². The fourth-order valence-corrected chi connectivity index (χ4v) is 3.08. The molecule has 5 heteroatoms.